The minimum absolute atomic E-state index is 0.326. The highest BCUT2D eigenvalue weighted by Crippen LogP contribution is 2.35. The molecule has 0 fully saturated rings. The second-order valence-corrected chi connectivity index (χ2v) is 4.45. The van der Waals surface area contributed by atoms with Crippen molar-refractivity contribution in [1.82, 2.24) is 0 Å². The number of halogens is 1. The van der Waals surface area contributed by atoms with Gasteiger partial charge in [0.05, 0.1) is 0 Å². The Morgan fingerprint density at radius 3 is 3.07 bits per heavy atom. The molecule has 0 spiro atoms. The van der Waals surface area contributed by atoms with Crippen LogP contribution in [0.4, 0.5) is 0 Å². The van der Waals surface area contributed by atoms with Crippen LogP contribution in [0.5, 0.6) is 5.75 Å². The average Bonchev–Trinajstić information content (AvgIpc) is 2.59. The summed E-state index contributed by atoms with van der Waals surface area (Å²) in [5.74, 6) is 1.03. The Hall–Kier alpha value is -0.540. The van der Waals surface area contributed by atoms with Gasteiger partial charge in [0.2, 0.25) is 0 Å². The molecule has 3 heteroatoms. The van der Waals surface area contributed by atoms with E-state index in [1.54, 1.807) is 0 Å². The molecule has 2 rings (SSSR count). The number of fused-ring (bicyclic) bond motifs is 1. The van der Waals surface area contributed by atoms with Gasteiger partial charge >= 0.3 is 0 Å². The van der Waals surface area contributed by atoms with E-state index in [9.17, 15) is 0 Å². The summed E-state index contributed by atoms with van der Waals surface area (Å²) in [4.78, 5) is 0. The molecule has 0 aromatic heterocycles. The van der Waals surface area contributed by atoms with Crippen LogP contribution in [0, 0.1) is 0 Å². The van der Waals surface area contributed by atoms with Gasteiger partial charge in [0.25, 0.3) is 0 Å². The van der Waals surface area contributed by atoms with Gasteiger partial charge in [0, 0.05) is 16.5 Å². The molecule has 1 atom stereocenters. The predicted molar refractivity (Wildman–Crippen MR) is 60.6 cm³/mol. The number of nitrogens with two attached hydrogens (primary N) is 1. The summed E-state index contributed by atoms with van der Waals surface area (Å²) < 4.78 is 6.96. The highest BCUT2D eigenvalue weighted by atomic mass is 79.9. The Morgan fingerprint density at radius 2 is 2.36 bits per heavy atom. The van der Waals surface area contributed by atoms with Crippen LogP contribution in [-0.2, 0) is 6.42 Å². The molecule has 1 aromatic rings. The van der Waals surface area contributed by atoms with E-state index >= 15 is 0 Å². The van der Waals surface area contributed by atoms with Crippen molar-refractivity contribution in [3.8, 4) is 5.75 Å². The monoisotopic (exact) mass is 255 g/mol. The summed E-state index contributed by atoms with van der Waals surface area (Å²) in [6.45, 7) is 0.747. The van der Waals surface area contributed by atoms with Gasteiger partial charge < -0.3 is 10.5 Å². The van der Waals surface area contributed by atoms with Crippen LogP contribution < -0.4 is 10.5 Å². The Labute approximate surface area is 92.6 Å². The van der Waals surface area contributed by atoms with Crippen molar-refractivity contribution in [3.63, 3.8) is 0 Å². The van der Waals surface area contributed by atoms with Gasteiger partial charge in [0.15, 0.2) is 0 Å². The fourth-order valence-electron chi connectivity index (χ4n) is 1.80. The Balaban J connectivity index is 2.06. The highest BCUT2D eigenvalue weighted by molar-refractivity contribution is 9.10. The number of benzene rings is 1. The summed E-state index contributed by atoms with van der Waals surface area (Å²) in [6, 6.07) is 6.10. The summed E-state index contributed by atoms with van der Waals surface area (Å²) in [6.07, 6.45) is 3.43. The third-order valence-corrected chi connectivity index (χ3v) is 3.27. The van der Waals surface area contributed by atoms with Crippen molar-refractivity contribution in [3.05, 3.63) is 28.2 Å². The lowest BCUT2D eigenvalue weighted by Crippen LogP contribution is -2.14. The van der Waals surface area contributed by atoms with E-state index in [0.29, 0.717) is 6.10 Å². The normalized spacial score (nSPS) is 19.1. The smallest absolute Gasteiger partial charge is 0.124 e. The molecule has 2 nitrogen and oxygen atoms in total. The molecular formula is C11H14BrNO. The lowest BCUT2D eigenvalue weighted by molar-refractivity contribution is 0.219. The van der Waals surface area contributed by atoms with Crippen molar-refractivity contribution in [1.29, 1.82) is 0 Å². The van der Waals surface area contributed by atoms with E-state index in [0.717, 1.165) is 36.0 Å². The van der Waals surface area contributed by atoms with Gasteiger partial charge in [0.1, 0.15) is 11.9 Å². The molecule has 0 radical (unpaired) electrons. The SMILES string of the molecule is NCCCC1Cc2c(Br)cccc2O1. The summed E-state index contributed by atoms with van der Waals surface area (Å²) >= 11 is 3.54. The van der Waals surface area contributed by atoms with Crippen LogP contribution in [0.1, 0.15) is 18.4 Å². The van der Waals surface area contributed by atoms with Crippen molar-refractivity contribution in [2.45, 2.75) is 25.4 Å². The minimum Gasteiger partial charge on any atom is -0.490 e. The maximum absolute atomic E-state index is 5.80. The molecule has 0 amide bonds. The van der Waals surface area contributed by atoms with E-state index in [-0.39, 0.29) is 0 Å². The lowest BCUT2D eigenvalue weighted by atomic mass is 10.1. The van der Waals surface area contributed by atoms with Crippen molar-refractivity contribution >= 4 is 15.9 Å². The van der Waals surface area contributed by atoms with E-state index in [1.807, 2.05) is 12.1 Å². The van der Waals surface area contributed by atoms with Crippen LogP contribution in [0.3, 0.4) is 0 Å². The number of hydrogen-bond acceptors (Lipinski definition) is 2. The molecule has 1 aliphatic rings. The number of ether oxygens (including phenoxy) is 1. The van der Waals surface area contributed by atoms with Crippen molar-refractivity contribution < 1.29 is 4.74 Å². The second-order valence-electron chi connectivity index (χ2n) is 3.59. The topological polar surface area (TPSA) is 35.2 Å². The Kier molecular flexibility index (Phi) is 3.08. The zero-order valence-corrected chi connectivity index (χ0v) is 9.59. The first-order chi connectivity index (χ1) is 6.81. The number of hydrogen-bond donors (Lipinski definition) is 1. The van der Waals surface area contributed by atoms with Gasteiger partial charge in [-0.05, 0) is 31.5 Å². The highest BCUT2D eigenvalue weighted by Gasteiger charge is 2.23. The largest absolute Gasteiger partial charge is 0.490 e. The molecule has 1 unspecified atom stereocenters. The Bertz CT molecular complexity index is 327. The molecule has 0 aliphatic carbocycles. The van der Waals surface area contributed by atoms with Gasteiger partial charge in [-0.1, -0.05) is 22.0 Å². The molecule has 0 saturated heterocycles. The molecule has 76 valence electrons. The molecule has 1 aromatic carbocycles. The molecule has 2 N–H and O–H groups in total. The molecule has 1 aliphatic heterocycles. The summed E-state index contributed by atoms with van der Waals surface area (Å²) in [5.41, 5.74) is 6.78. The van der Waals surface area contributed by atoms with Gasteiger partial charge in [-0.2, -0.15) is 0 Å². The van der Waals surface area contributed by atoms with E-state index < -0.39 is 0 Å². The van der Waals surface area contributed by atoms with Gasteiger partial charge in [-0.15, -0.1) is 0 Å². The van der Waals surface area contributed by atoms with Gasteiger partial charge in [-0.3, -0.25) is 0 Å². The molecule has 14 heavy (non-hydrogen) atoms. The van der Waals surface area contributed by atoms with E-state index in [2.05, 4.69) is 22.0 Å². The maximum atomic E-state index is 5.80. The van der Waals surface area contributed by atoms with Gasteiger partial charge in [-0.25, -0.2) is 0 Å². The van der Waals surface area contributed by atoms with Crippen LogP contribution >= 0.6 is 15.9 Å². The maximum Gasteiger partial charge on any atom is 0.124 e. The zero-order chi connectivity index (χ0) is 9.97. The average molecular weight is 256 g/mol. The zero-order valence-electron chi connectivity index (χ0n) is 8.00. The van der Waals surface area contributed by atoms with Crippen LogP contribution in [0.15, 0.2) is 22.7 Å². The third kappa shape index (κ3) is 1.93. The molecule has 1 heterocycles. The second kappa shape index (κ2) is 4.32. The predicted octanol–water partition coefficient (Wildman–Crippen LogP) is 2.49. The fraction of sp³-hybridized carbons (Fsp3) is 0.455. The first-order valence-electron chi connectivity index (χ1n) is 4.95. The van der Waals surface area contributed by atoms with Crippen LogP contribution in [0.25, 0.3) is 0 Å². The van der Waals surface area contributed by atoms with E-state index in [4.69, 9.17) is 10.5 Å². The lowest BCUT2D eigenvalue weighted by Gasteiger charge is -2.08. The molecule has 0 saturated carbocycles. The molecular weight excluding hydrogens is 242 g/mol. The van der Waals surface area contributed by atoms with Crippen molar-refractivity contribution in [2.75, 3.05) is 6.54 Å². The molecule has 0 bridgehead atoms. The fourth-order valence-corrected chi connectivity index (χ4v) is 2.31. The quantitative estimate of drug-likeness (QED) is 0.901. The van der Waals surface area contributed by atoms with Crippen LogP contribution in [-0.4, -0.2) is 12.6 Å². The van der Waals surface area contributed by atoms with Crippen molar-refractivity contribution in [2.24, 2.45) is 5.73 Å². The van der Waals surface area contributed by atoms with Crippen LogP contribution in [0.2, 0.25) is 0 Å². The standard InChI is InChI=1S/C11H14BrNO/c12-10-4-1-5-11-9(10)7-8(14-11)3-2-6-13/h1,4-5,8H,2-3,6-7,13H2. The first kappa shape index (κ1) is 9.99. The number of rotatable bonds is 3. The minimum atomic E-state index is 0.326. The third-order valence-electron chi connectivity index (χ3n) is 2.53. The summed E-state index contributed by atoms with van der Waals surface area (Å²) in [7, 11) is 0. The summed E-state index contributed by atoms with van der Waals surface area (Å²) in [5, 5.41) is 0. The Morgan fingerprint density at radius 1 is 1.50 bits per heavy atom. The first-order valence-corrected chi connectivity index (χ1v) is 5.74. The van der Waals surface area contributed by atoms with E-state index in [1.165, 1.54) is 5.56 Å².